The molecule has 15 heavy (non-hydrogen) atoms. The van der Waals surface area contributed by atoms with E-state index in [0.717, 1.165) is 12.8 Å². The molecule has 90 valence electrons. The minimum Gasteiger partial charge on any atom is -0.268 e. The fourth-order valence-electron chi connectivity index (χ4n) is 0.909. The molecule has 0 aromatic heterocycles. The topological polar surface area (TPSA) is 44.8 Å². The molecule has 0 saturated carbocycles. The third kappa shape index (κ3) is 6.47. The molecule has 0 amide bonds. The van der Waals surface area contributed by atoms with Gasteiger partial charge in [0.2, 0.25) is 0 Å². The fraction of sp³-hybridized carbons (Fsp3) is 0.909. The van der Waals surface area contributed by atoms with Gasteiger partial charge in [-0.05, 0) is 46.1 Å². The summed E-state index contributed by atoms with van der Waals surface area (Å²) in [6.45, 7) is 11.0. The Bertz CT molecular complexity index is 203. The van der Waals surface area contributed by atoms with Gasteiger partial charge < -0.3 is 0 Å². The van der Waals surface area contributed by atoms with Gasteiger partial charge in [-0.2, -0.15) is 4.89 Å². The number of hydrogen-bond acceptors (Lipinski definition) is 4. The molecule has 0 N–H and O–H groups in total. The van der Waals surface area contributed by atoms with Crippen LogP contribution in [-0.2, 0) is 19.6 Å². The van der Waals surface area contributed by atoms with Crippen LogP contribution in [0.4, 0.5) is 0 Å². The summed E-state index contributed by atoms with van der Waals surface area (Å²) in [5, 5.41) is 4.49. The lowest BCUT2D eigenvalue weighted by molar-refractivity contribution is -0.518. The van der Waals surface area contributed by atoms with E-state index in [1.165, 1.54) is 0 Å². The van der Waals surface area contributed by atoms with Crippen LogP contribution in [-0.4, -0.2) is 11.6 Å². The molecule has 0 radical (unpaired) electrons. The molecule has 0 aliphatic carbocycles. The predicted octanol–water partition coefficient (Wildman–Crippen LogP) is 3.02. The van der Waals surface area contributed by atoms with E-state index in [9.17, 15) is 4.79 Å². The van der Waals surface area contributed by atoms with Crippen molar-refractivity contribution in [2.45, 2.75) is 60.0 Å². The average Bonchev–Trinajstić information content (AvgIpc) is 2.01. The maximum Gasteiger partial charge on any atom is 0.350 e. The molecular weight excluding hydrogens is 196 g/mol. The minimum atomic E-state index is -0.585. The number of carbonyl (C=O) groups excluding carboxylic acids is 1. The van der Waals surface area contributed by atoms with Gasteiger partial charge in [0.25, 0.3) is 0 Å². The van der Waals surface area contributed by atoms with E-state index in [1.54, 1.807) is 20.8 Å². The molecule has 0 bridgehead atoms. The maximum atomic E-state index is 11.3. The molecule has 0 heterocycles. The van der Waals surface area contributed by atoms with Crippen LogP contribution >= 0.6 is 0 Å². The van der Waals surface area contributed by atoms with Gasteiger partial charge in [0.1, 0.15) is 5.60 Å². The summed E-state index contributed by atoms with van der Waals surface area (Å²) in [4.78, 5) is 20.8. The van der Waals surface area contributed by atoms with E-state index in [2.05, 4.69) is 9.93 Å². The van der Waals surface area contributed by atoms with Crippen molar-refractivity contribution in [3.8, 4) is 0 Å². The highest BCUT2D eigenvalue weighted by Crippen LogP contribution is 2.19. The van der Waals surface area contributed by atoms with E-state index in [0.29, 0.717) is 0 Å². The predicted molar refractivity (Wildman–Crippen MR) is 56.7 cm³/mol. The van der Waals surface area contributed by atoms with E-state index < -0.39 is 17.0 Å². The zero-order chi connectivity index (χ0) is 12.1. The Balaban J connectivity index is 3.85. The summed E-state index contributed by atoms with van der Waals surface area (Å²) in [7, 11) is 0. The Labute approximate surface area is 91.7 Å². The van der Waals surface area contributed by atoms with E-state index in [-0.39, 0.29) is 0 Å². The molecule has 0 unspecified atom stereocenters. The van der Waals surface area contributed by atoms with Crippen molar-refractivity contribution < 1.29 is 19.6 Å². The fourth-order valence-corrected chi connectivity index (χ4v) is 0.909. The molecule has 0 atom stereocenters. The smallest absolute Gasteiger partial charge is 0.268 e. The molecular formula is C11H22O4. The standard InChI is InChI=1S/C11H22O4/c1-7-8-11(5,6)14-15-13-9(12)10(2,3)4/h7-8H2,1-6H3. The molecule has 0 aromatic rings. The lowest BCUT2D eigenvalue weighted by Gasteiger charge is -2.22. The first kappa shape index (κ1) is 14.4. The van der Waals surface area contributed by atoms with Gasteiger partial charge in [0.15, 0.2) is 0 Å². The third-order valence-corrected chi connectivity index (χ3v) is 1.83. The Kier molecular flexibility index (Phi) is 5.24. The quantitative estimate of drug-likeness (QED) is 0.525. The number of rotatable bonds is 5. The second-order valence-corrected chi connectivity index (χ2v) is 5.28. The summed E-state index contributed by atoms with van der Waals surface area (Å²) < 4.78 is 0. The number of carbonyl (C=O) groups is 1. The summed E-state index contributed by atoms with van der Waals surface area (Å²) in [6.07, 6.45) is 1.81. The van der Waals surface area contributed by atoms with Gasteiger partial charge in [-0.25, -0.2) is 4.79 Å². The Morgan fingerprint density at radius 1 is 1.13 bits per heavy atom. The minimum absolute atomic E-state index is 0.438. The van der Waals surface area contributed by atoms with Gasteiger partial charge in [-0.3, -0.25) is 4.89 Å². The first-order valence-electron chi connectivity index (χ1n) is 5.26. The molecule has 4 heteroatoms. The van der Waals surface area contributed by atoms with Crippen LogP contribution < -0.4 is 0 Å². The Hall–Kier alpha value is -0.610. The normalized spacial score (nSPS) is 12.7. The van der Waals surface area contributed by atoms with Crippen LogP contribution in [0.2, 0.25) is 0 Å². The van der Waals surface area contributed by atoms with Crippen molar-refractivity contribution in [2.24, 2.45) is 5.41 Å². The average molecular weight is 218 g/mol. The monoisotopic (exact) mass is 218 g/mol. The second-order valence-electron chi connectivity index (χ2n) is 5.28. The zero-order valence-corrected chi connectivity index (χ0v) is 10.5. The highest BCUT2D eigenvalue weighted by atomic mass is 17.5. The molecule has 0 spiro atoms. The van der Waals surface area contributed by atoms with Gasteiger partial charge in [0, 0.05) is 0 Å². The zero-order valence-electron chi connectivity index (χ0n) is 10.5. The molecule has 4 nitrogen and oxygen atoms in total. The summed E-state index contributed by atoms with van der Waals surface area (Å²) in [6, 6.07) is 0. The largest absolute Gasteiger partial charge is 0.350 e. The van der Waals surface area contributed by atoms with Crippen LogP contribution in [0.1, 0.15) is 54.4 Å². The van der Waals surface area contributed by atoms with Crippen molar-refractivity contribution in [1.29, 1.82) is 0 Å². The van der Waals surface area contributed by atoms with Crippen molar-refractivity contribution in [3.63, 3.8) is 0 Å². The van der Waals surface area contributed by atoms with Gasteiger partial charge >= 0.3 is 5.97 Å². The SMILES string of the molecule is CCCC(C)(C)OOOC(=O)C(C)(C)C. The molecule has 0 aliphatic heterocycles. The first-order chi connectivity index (χ1) is 6.69. The number of hydrogen-bond donors (Lipinski definition) is 0. The van der Waals surface area contributed by atoms with Crippen LogP contribution in [0.5, 0.6) is 0 Å². The van der Waals surface area contributed by atoms with Crippen LogP contribution in [0.15, 0.2) is 0 Å². The Morgan fingerprint density at radius 3 is 2.07 bits per heavy atom. The third-order valence-electron chi connectivity index (χ3n) is 1.83. The summed E-state index contributed by atoms with van der Waals surface area (Å²) in [5.74, 6) is -0.449. The van der Waals surface area contributed by atoms with Gasteiger partial charge in [-0.1, -0.05) is 13.3 Å². The van der Waals surface area contributed by atoms with Crippen molar-refractivity contribution in [3.05, 3.63) is 0 Å². The van der Waals surface area contributed by atoms with Gasteiger partial charge in [0.05, 0.1) is 5.41 Å². The van der Waals surface area contributed by atoms with Crippen molar-refractivity contribution >= 4 is 5.97 Å². The highest BCUT2D eigenvalue weighted by molar-refractivity contribution is 5.74. The lowest BCUT2D eigenvalue weighted by Crippen LogP contribution is -2.28. The Morgan fingerprint density at radius 2 is 1.67 bits per heavy atom. The highest BCUT2D eigenvalue weighted by Gasteiger charge is 2.26. The van der Waals surface area contributed by atoms with Gasteiger partial charge in [-0.15, -0.1) is 0 Å². The molecule has 0 aliphatic rings. The summed E-state index contributed by atoms with van der Waals surface area (Å²) in [5.41, 5.74) is -1.02. The molecule has 0 aromatic carbocycles. The summed E-state index contributed by atoms with van der Waals surface area (Å²) >= 11 is 0. The van der Waals surface area contributed by atoms with Crippen LogP contribution in [0.25, 0.3) is 0 Å². The first-order valence-corrected chi connectivity index (χ1v) is 5.26. The molecule has 0 fully saturated rings. The maximum absolute atomic E-state index is 11.3. The van der Waals surface area contributed by atoms with Crippen LogP contribution in [0, 0.1) is 5.41 Å². The van der Waals surface area contributed by atoms with Crippen LogP contribution in [0.3, 0.4) is 0 Å². The van der Waals surface area contributed by atoms with E-state index in [4.69, 9.17) is 4.89 Å². The molecule has 0 rings (SSSR count). The van der Waals surface area contributed by atoms with Crippen molar-refractivity contribution in [1.82, 2.24) is 0 Å². The van der Waals surface area contributed by atoms with Crippen molar-refractivity contribution in [2.75, 3.05) is 0 Å². The van der Waals surface area contributed by atoms with E-state index >= 15 is 0 Å². The van der Waals surface area contributed by atoms with E-state index in [1.807, 2.05) is 20.8 Å². The molecule has 0 saturated heterocycles. The lowest BCUT2D eigenvalue weighted by atomic mass is 9.98. The second kappa shape index (κ2) is 5.47.